The van der Waals surface area contributed by atoms with E-state index in [0.29, 0.717) is 36.3 Å². The maximum Gasteiger partial charge on any atom is 0.297 e. The van der Waals surface area contributed by atoms with Gasteiger partial charge in [0.2, 0.25) is 11.5 Å². The van der Waals surface area contributed by atoms with Gasteiger partial charge in [-0.05, 0) is 42.8 Å². The van der Waals surface area contributed by atoms with Crippen molar-refractivity contribution in [1.82, 2.24) is 14.5 Å². The Kier molecular flexibility index (Phi) is 5.07. The maximum atomic E-state index is 13.0. The number of carbonyl (C=O) groups is 1. The average molecular weight is 427 g/mol. The van der Waals surface area contributed by atoms with Crippen LogP contribution in [0.4, 0.5) is 5.69 Å². The van der Waals surface area contributed by atoms with Gasteiger partial charge in [0.15, 0.2) is 0 Å². The molecule has 160 valence electrons. The van der Waals surface area contributed by atoms with E-state index < -0.39 is 0 Å². The van der Waals surface area contributed by atoms with E-state index >= 15 is 0 Å². The molecule has 0 bridgehead atoms. The first-order valence-corrected chi connectivity index (χ1v) is 10.5. The number of fused-ring (bicyclic) bond motifs is 3. The van der Waals surface area contributed by atoms with Crippen molar-refractivity contribution >= 4 is 33.7 Å². The average Bonchev–Trinajstić information content (AvgIpc) is 3.03. The molecule has 3 heterocycles. The molecule has 32 heavy (non-hydrogen) atoms. The Morgan fingerprint density at radius 2 is 1.88 bits per heavy atom. The van der Waals surface area contributed by atoms with Crippen LogP contribution in [0.15, 0.2) is 64.1 Å². The molecule has 1 saturated heterocycles. The molecule has 0 aliphatic carbocycles. The van der Waals surface area contributed by atoms with Gasteiger partial charge in [0.25, 0.3) is 5.56 Å². The number of hydrogen-bond acceptors (Lipinski definition) is 6. The SMILES string of the molecule is N#Cc1ccc(N2CCCN(C(=O)Cn3cnc4c(oc5ccccc54)c3=O)CC2)cc1. The zero-order chi connectivity index (χ0) is 22.1. The molecular formula is C24H21N5O3. The van der Waals surface area contributed by atoms with Gasteiger partial charge in [-0.1, -0.05) is 12.1 Å². The number of para-hydroxylation sites is 1. The molecule has 0 saturated carbocycles. The molecule has 1 aliphatic heterocycles. The van der Waals surface area contributed by atoms with Crippen LogP contribution in [0.3, 0.4) is 0 Å². The lowest BCUT2D eigenvalue weighted by atomic mass is 10.2. The van der Waals surface area contributed by atoms with E-state index in [1.54, 1.807) is 23.1 Å². The number of carbonyl (C=O) groups excluding carboxylic acids is 1. The summed E-state index contributed by atoms with van der Waals surface area (Å²) >= 11 is 0. The lowest BCUT2D eigenvalue weighted by Crippen LogP contribution is -2.39. The highest BCUT2D eigenvalue weighted by atomic mass is 16.3. The standard InChI is InChI=1S/C24H21N5O3/c25-14-17-6-8-18(9-7-17)27-10-3-11-28(13-12-27)21(30)15-29-16-26-22-19-4-1-2-5-20(19)32-23(22)24(29)31/h1-2,4-9,16H,3,10-13,15H2. The van der Waals surface area contributed by atoms with Crippen LogP contribution >= 0.6 is 0 Å². The van der Waals surface area contributed by atoms with Crippen molar-refractivity contribution in [2.75, 3.05) is 31.1 Å². The highest BCUT2D eigenvalue weighted by molar-refractivity contribution is 6.01. The molecule has 0 spiro atoms. The number of furan rings is 1. The van der Waals surface area contributed by atoms with E-state index in [9.17, 15) is 9.59 Å². The van der Waals surface area contributed by atoms with Crippen molar-refractivity contribution in [2.45, 2.75) is 13.0 Å². The van der Waals surface area contributed by atoms with Gasteiger partial charge < -0.3 is 14.2 Å². The first kappa shape index (κ1) is 19.8. The van der Waals surface area contributed by atoms with Crippen molar-refractivity contribution in [3.63, 3.8) is 0 Å². The van der Waals surface area contributed by atoms with Gasteiger partial charge in [0, 0.05) is 37.3 Å². The molecule has 5 rings (SSSR count). The first-order chi connectivity index (χ1) is 15.6. The Balaban J connectivity index is 1.31. The maximum absolute atomic E-state index is 13.0. The van der Waals surface area contributed by atoms with Gasteiger partial charge in [-0.2, -0.15) is 5.26 Å². The predicted octanol–water partition coefficient (Wildman–Crippen LogP) is 2.75. The minimum Gasteiger partial charge on any atom is -0.448 e. The lowest BCUT2D eigenvalue weighted by Gasteiger charge is -2.24. The molecule has 0 atom stereocenters. The topological polar surface area (TPSA) is 95.4 Å². The van der Waals surface area contributed by atoms with Gasteiger partial charge >= 0.3 is 0 Å². The molecule has 2 aromatic heterocycles. The third-order valence-corrected chi connectivity index (χ3v) is 5.87. The molecule has 2 aromatic carbocycles. The number of nitrogens with zero attached hydrogens (tertiary/aromatic N) is 5. The van der Waals surface area contributed by atoms with Crippen molar-refractivity contribution in [3.8, 4) is 6.07 Å². The van der Waals surface area contributed by atoms with Crippen LogP contribution in [-0.4, -0.2) is 46.5 Å². The first-order valence-electron chi connectivity index (χ1n) is 10.5. The fourth-order valence-electron chi connectivity index (χ4n) is 4.15. The van der Waals surface area contributed by atoms with Gasteiger partial charge in [-0.3, -0.25) is 14.2 Å². The van der Waals surface area contributed by atoms with Crippen LogP contribution in [-0.2, 0) is 11.3 Å². The van der Waals surface area contributed by atoms with Crippen LogP contribution in [0.1, 0.15) is 12.0 Å². The summed E-state index contributed by atoms with van der Waals surface area (Å²) < 4.78 is 7.02. The van der Waals surface area contributed by atoms with Crippen LogP contribution in [0.2, 0.25) is 0 Å². The zero-order valence-corrected chi connectivity index (χ0v) is 17.4. The summed E-state index contributed by atoms with van der Waals surface area (Å²) in [6, 6.07) is 17.0. The monoisotopic (exact) mass is 427 g/mol. The van der Waals surface area contributed by atoms with E-state index in [2.05, 4.69) is 16.0 Å². The summed E-state index contributed by atoms with van der Waals surface area (Å²) in [6.45, 7) is 2.62. The largest absolute Gasteiger partial charge is 0.448 e. The minimum absolute atomic E-state index is 0.0737. The van der Waals surface area contributed by atoms with Crippen LogP contribution < -0.4 is 10.5 Å². The second kappa shape index (κ2) is 8.19. The number of amides is 1. The quantitative estimate of drug-likeness (QED) is 0.499. The Labute approximate surface area is 183 Å². The smallest absolute Gasteiger partial charge is 0.297 e. The predicted molar refractivity (Wildman–Crippen MR) is 120 cm³/mol. The number of anilines is 1. The van der Waals surface area contributed by atoms with Crippen molar-refractivity contribution in [2.24, 2.45) is 0 Å². The van der Waals surface area contributed by atoms with Gasteiger partial charge in [-0.15, -0.1) is 0 Å². The van der Waals surface area contributed by atoms with E-state index in [4.69, 9.17) is 9.68 Å². The van der Waals surface area contributed by atoms with Crippen molar-refractivity contribution in [3.05, 3.63) is 70.8 Å². The summed E-state index contributed by atoms with van der Waals surface area (Å²) in [5.41, 5.74) is 2.60. The third kappa shape index (κ3) is 3.58. The summed E-state index contributed by atoms with van der Waals surface area (Å²) in [6.07, 6.45) is 2.24. The highest BCUT2D eigenvalue weighted by Gasteiger charge is 2.21. The van der Waals surface area contributed by atoms with Crippen molar-refractivity contribution in [1.29, 1.82) is 5.26 Å². The van der Waals surface area contributed by atoms with Gasteiger partial charge in [0.1, 0.15) is 17.6 Å². The molecule has 1 amide bonds. The number of aromatic nitrogens is 2. The van der Waals surface area contributed by atoms with Gasteiger partial charge in [0.05, 0.1) is 18.0 Å². The molecule has 0 radical (unpaired) electrons. The zero-order valence-electron chi connectivity index (χ0n) is 17.4. The molecular weight excluding hydrogens is 406 g/mol. The van der Waals surface area contributed by atoms with Crippen molar-refractivity contribution < 1.29 is 9.21 Å². The van der Waals surface area contributed by atoms with Crippen LogP contribution in [0.25, 0.3) is 22.1 Å². The second-order valence-corrected chi connectivity index (χ2v) is 7.83. The second-order valence-electron chi connectivity index (χ2n) is 7.83. The Hall–Kier alpha value is -4.12. The molecule has 4 aromatic rings. The Morgan fingerprint density at radius 1 is 1.06 bits per heavy atom. The number of rotatable bonds is 3. The van der Waals surface area contributed by atoms with E-state index in [-0.39, 0.29) is 23.6 Å². The molecule has 1 aliphatic rings. The fraction of sp³-hybridized carbons (Fsp3) is 0.250. The summed E-state index contributed by atoms with van der Waals surface area (Å²) in [5, 5.41) is 9.76. The van der Waals surface area contributed by atoms with E-state index in [0.717, 1.165) is 24.0 Å². The fourth-order valence-corrected chi connectivity index (χ4v) is 4.15. The summed E-state index contributed by atoms with van der Waals surface area (Å²) in [5.74, 6) is -0.119. The van der Waals surface area contributed by atoms with Gasteiger partial charge in [-0.25, -0.2) is 4.98 Å². The number of hydrogen-bond donors (Lipinski definition) is 0. The molecule has 8 heteroatoms. The minimum atomic E-state index is -0.353. The Bertz CT molecular complexity index is 1400. The number of nitriles is 1. The lowest BCUT2D eigenvalue weighted by molar-refractivity contribution is -0.131. The van der Waals surface area contributed by atoms with Crippen LogP contribution in [0.5, 0.6) is 0 Å². The van der Waals surface area contributed by atoms with Crippen LogP contribution in [0, 0.1) is 11.3 Å². The number of benzene rings is 2. The molecule has 0 unspecified atom stereocenters. The molecule has 0 N–H and O–H groups in total. The Morgan fingerprint density at radius 3 is 2.69 bits per heavy atom. The normalized spacial score (nSPS) is 14.5. The third-order valence-electron chi connectivity index (χ3n) is 5.87. The van der Waals surface area contributed by atoms with E-state index in [1.807, 2.05) is 30.3 Å². The molecule has 1 fully saturated rings. The highest BCUT2D eigenvalue weighted by Crippen LogP contribution is 2.24. The van der Waals surface area contributed by atoms with E-state index in [1.165, 1.54) is 10.9 Å². The summed E-state index contributed by atoms with van der Waals surface area (Å²) in [4.78, 5) is 34.2. The molecule has 8 nitrogen and oxygen atoms in total. The summed E-state index contributed by atoms with van der Waals surface area (Å²) in [7, 11) is 0.